The van der Waals surface area contributed by atoms with Crippen LogP contribution in [0, 0.1) is 0 Å². The van der Waals surface area contributed by atoms with Crippen LogP contribution < -0.4 is 15.4 Å². The Kier molecular flexibility index (Phi) is 3.79. The summed E-state index contributed by atoms with van der Waals surface area (Å²) in [6.07, 6.45) is -5.53. The highest BCUT2D eigenvalue weighted by atomic mass is 19.4. The fourth-order valence-electron chi connectivity index (χ4n) is 1.38. The first-order valence-corrected chi connectivity index (χ1v) is 5.46. The first-order chi connectivity index (χ1) is 8.92. The number of carbonyl (C=O) groups is 1. The molecular formula is C11H11F3N2O3. The second-order valence-electron chi connectivity index (χ2n) is 3.88. The second-order valence-corrected chi connectivity index (χ2v) is 3.88. The Bertz CT molecular complexity index is 443. The highest BCUT2D eigenvalue weighted by Crippen LogP contribution is 2.24. The number of rotatable bonds is 3. The van der Waals surface area contributed by atoms with E-state index in [1.54, 1.807) is 0 Å². The number of amides is 1. The SMILES string of the molecule is O=C(Nc1ccc(OC(F)(F)F)cc1)OC1CNC1. The van der Waals surface area contributed by atoms with Crippen molar-refractivity contribution in [3.05, 3.63) is 24.3 Å². The van der Waals surface area contributed by atoms with E-state index in [1.807, 2.05) is 0 Å². The number of alkyl halides is 3. The molecule has 1 aliphatic heterocycles. The smallest absolute Gasteiger partial charge is 0.443 e. The van der Waals surface area contributed by atoms with Gasteiger partial charge in [0.15, 0.2) is 0 Å². The van der Waals surface area contributed by atoms with E-state index >= 15 is 0 Å². The average Bonchev–Trinajstić information content (AvgIpc) is 2.24. The molecule has 0 spiro atoms. The number of nitrogens with one attached hydrogen (secondary N) is 2. The highest BCUT2D eigenvalue weighted by molar-refractivity contribution is 5.84. The number of anilines is 1. The summed E-state index contributed by atoms with van der Waals surface area (Å²) in [4.78, 5) is 11.4. The van der Waals surface area contributed by atoms with E-state index in [4.69, 9.17) is 4.74 Å². The van der Waals surface area contributed by atoms with Crippen molar-refractivity contribution in [2.45, 2.75) is 12.5 Å². The molecule has 1 saturated heterocycles. The van der Waals surface area contributed by atoms with Gasteiger partial charge in [-0.2, -0.15) is 0 Å². The average molecular weight is 276 g/mol. The van der Waals surface area contributed by atoms with Gasteiger partial charge in [0.25, 0.3) is 0 Å². The van der Waals surface area contributed by atoms with Crippen molar-refractivity contribution in [2.75, 3.05) is 18.4 Å². The molecular weight excluding hydrogens is 265 g/mol. The van der Waals surface area contributed by atoms with Crippen LogP contribution in [0.5, 0.6) is 5.75 Å². The molecule has 1 amide bonds. The summed E-state index contributed by atoms with van der Waals surface area (Å²) < 4.78 is 44.4. The molecule has 0 atom stereocenters. The Morgan fingerprint density at radius 3 is 2.37 bits per heavy atom. The van der Waals surface area contributed by atoms with Crippen LogP contribution in [0.25, 0.3) is 0 Å². The number of hydrogen-bond acceptors (Lipinski definition) is 4. The van der Waals surface area contributed by atoms with E-state index in [9.17, 15) is 18.0 Å². The predicted octanol–water partition coefficient (Wildman–Crippen LogP) is 2.11. The highest BCUT2D eigenvalue weighted by Gasteiger charge is 2.31. The van der Waals surface area contributed by atoms with Crippen LogP contribution in [0.4, 0.5) is 23.7 Å². The molecule has 2 N–H and O–H groups in total. The molecule has 0 saturated carbocycles. The molecule has 0 radical (unpaired) electrons. The summed E-state index contributed by atoms with van der Waals surface area (Å²) in [7, 11) is 0. The maximum absolute atomic E-state index is 11.9. The maximum Gasteiger partial charge on any atom is 0.573 e. The molecule has 8 heteroatoms. The molecule has 0 unspecified atom stereocenters. The van der Waals surface area contributed by atoms with Gasteiger partial charge < -0.3 is 14.8 Å². The third kappa shape index (κ3) is 4.32. The van der Waals surface area contributed by atoms with Gasteiger partial charge in [0.2, 0.25) is 0 Å². The normalized spacial score (nSPS) is 15.5. The van der Waals surface area contributed by atoms with E-state index in [0.717, 1.165) is 12.1 Å². The molecule has 5 nitrogen and oxygen atoms in total. The van der Waals surface area contributed by atoms with Gasteiger partial charge in [0.1, 0.15) is 11.9 Å². The quantitative estimate of drug-likeness (QED) is 0.887. The first-order valence-electron chi connectivity index (χ1n) is 5.46. The largest absolute Gasteiger partial charge is 0.573 e. The van der Waals surface area contributed by atoms with Crippen LogP contribution in [0.3, 0.4) is 0 Å². The number of hydrogen-bond donors (Lipinski definition) is 2. The van der Waals surface area contributed by atoms with Crippen molar-refractivity contribution >= 4 is 11.8 Å². The Morgan fingerprint density at radius 1 is 1.26 bits per heavy atom. The van der Waals surface area contributed by atoms with Gasteiger partial charge in [-0.15, -0.1) is 13.2 Å². The van der Waals surface area contributed by atoms with Crippen LogP contribution in [0.15, 0.2) is 24.3 Å². The molecule has 1 aliphatic rings. The van der Waals surface area contributed by atoms with E-state index in [2.05, 4.69) is 15.4 Å². The summed E-state index contributed by atoms with van der Waals surface area (Å²) >= 11 is 0. The lowest BCUT2D eigenvalue weighted by Crippen LogP contribution is -2.49. The minimum atomic E-state index is -4.73. The molecule has 104 valence electrons. The Balaban J connectivity index is 1.85. The molecule has 1 fully saturated rings. The molecule has 0 aromatic heterocycles. The number of halogens is 3. The summed E-state index contributed by atoms with van der Waals surface area (Å²) in [6.45, 7) is 1.21. The van der Waals surface area contributed by atoms with Gasteiger partial charge >= 0.3 is 12.5 Å². The third-order valence-electron chi connectivity index (χ3n) is 2.35. The summed E-state index contributed by atoms with van der Waals surface area (Å²) in [6, 6.07) is 4.80. The van der Waals surface area contributed by atoms with E-state index in [-0.39, 0.29) is 11.9 Å². The van der Waals surface area contributed by atoms with Gasteiger partial charge in [0.05, 0.1) is 0 Å². The Labute approximate surface area is 106 Å². The van der Waals surface area contributed by atoms with Crippen molar-refractivity contribution in [1.29, 1.82) is 0 Å². The van der Waals surface area contributed by atoms with Crippen molar-refractivity contribution in [3.63, 3.8) is 0 Å². The lowest BCUT2D eigenvalue weighted by Gasteiger charge is -2.26. The van der Waals surface area contributed by atoms with Crippen molar-refractivity contribution in [2.24, 2.45) is 0 Å². The predicted molar refractivity (Wildman–Crippen MR) is 59.9 cm³/mol. The minimum absolute atomic E-state index is 0.159. The van der Waals surface area contributed by atoms with Gasteiger partial charge in [-0.05, 0) is 24.3 Å². The zero-order valence-corrected chi connectivity index (χ0v) is 9.66. The molecule has 1 heterocycles. The molecule has 19 heavy (non-hydrogen) atoms. The zero-order chi connectivity index (χ0) is 13.9. The van der Waals surface area contributed by atoms with Crippen LogP contribution in [0.1, 0.15) is 0 Å². The topological polar surface area (TPSA) is 59.6 Å². The number of benzene rings is 1. The lowest BCUT2D eigenvalue weighted by molar-refractivity contribution is -0.274. The van der Waals surface area contributed by atoms with Gasteiger partial charge in [0, 0.05) is 18.8 Å². The summed E-state index contributed by atoms with van der Waals surface area (Å²) in [5, 5.41) is 5.34. The van der Waals surface area contributed by atoms with E-state index in [0.29, 0.717) is 18.8 Å². The minimum Gasteiger partial charge on any atom is -0.443 e. The van der Waals surface area contributed by atoms with Crippen molar-refractivity contribution in [3.8, 4) is 5.75 Å². The molecule has 1 aromatic carbocycles. The monoisotopic (exact) mass is 276 g/mol. The standard InChI is InChI=1S/C11H11F3N2O3/c12-11(13,14)19-8-3-1-7(2-4-8)16-10(17)18-9-5-15-6-9/h1-4,9,15H,5-6H2,(H,16,17). The Hall–Kier alpha value is -1.96. The summed E-state index contributed by atoms with van der Waals surface area (Å²) in [5.74, 6) is -0.352. The van der Waals surface area contributed by atoms with E-state index < -0.39 is 12.5 Å². The maximum atomic E-state index is 11.9. The summed E-state index contributed by atoms with van der Waals surface area (Å²) in [5.41, 5.74) is 0.326. The number of carbonyl (C=O) groups excluding carboxylic acids is 1. The molecule has 0 bridgehead atoms. The molecule has 2 rings (SSSR count). The fourth-order valence-corrected chi connectivity index (χ4v) is 1.38. The van der Waals surface area contributed by atoms with Gasteiger partial charge in [-0.1, -0.05) is 0 Å². The van der Waals surface area contributed by atoms with Crippen LogP contribution in [-0.4, -0.2) is 31.6 Å². The molecule has 1 aromatic rings. The Morgan fingerprint density at radius 2 is 1.89 bits per heavy atom. The zero-order valence-electron chi connectivity index (χ0n) is 9.66. The second kappa shape index (κ2) is 5.35. The number of ether oxygens (including phenoxy) is 2. The molecule has 0 aliphatic carbocycles. The van der Waals surface area contributed by atoms with Crippen molar-refractivity contribution in [1.82, 2.24) is 5.32 Å². The van der Waals surface area contributed by atoms with Crippen molar-refractivity contribution < 1.29 is 27.4 Å². The van der Waals surface area contributed by atoms with Gasteiger partial charge in [-0.3, -0.25) is 5.32 Å². The lowest BCUT2D eigenvalue weighted by atomic mass is 10.2. The van der Waals surface area contributed by atoms with Crippen LogP contribution in [-0.2, 0) is 4.74 Å². The van der Waals surface area contributed by atoms with Crippen LogP contribution in [0.2, 0.25) is 0 Å². The fraction of sp³-hybridized carbons (Fsp3) is 0.364. The third-order valence-corrected chi connectivity index (χ3v) is 2.35. The van der Waals surface area contributed by atoms with Crippen LogP contribution >= 0.6 is 0 Å². The first kappa shape index (κ1) is 13.5. The van der Waals surface area contributed by atoms with E-state index in [1.165, 1.54) is 12.1 Å². The van der Waals surface area contributed by atoms with Gasteiger partial charge in [-0.25, -0.2) is 4.79 Å².